The summed E-state index contributed by atoms with van der Waals surface area (Å²) in [5.41, 5.74) is 1.12. The number of nitrogens with zero attached hydrogens (tertiary/aromatic N) is 2. The Bertz CT molecular complexity index is 463. The maximum absolute atomic E-state index is 5.70. The Kier molecular flexibility index (Phi) is 9.19. The summed E-state index contributed by atoms with van der Waals surface area (Å²) in [5, 5.41) is 6.54. The molecule has 0 aliphatic heterocycles. The molecule has 0 radical (unpaired) electrons. The summed E-state index contributed by atoms with van der Waals surface area (Å²) in [5.74, 6) is 2.31. The molecule has 0 amide bonds. The lowest BCUT2D eigenvalue weighted by Crippen LogP contribution is -2.37. The second-order valence-corrected chi connectivity index (χ2v) is 5.38. The molecule has 1 saturated carbocycles. The molecular weight excluding hydrogens is 391 g/mol. The molecule has 0 unspecified atom stereocenters. The predicted octanol–water partition coefficient (Wildman–Crippen LogP) is 2.95. The van der Waals surface area contributed by atoms with Crippen molar-refractivity contribution in [3.05, 3.63) is 23.9 Å². The third kappa shape index (κ3) is 7.29. The average molecular weight is 418 g/mol. The minimum atomic E-state index is 0. The van der Waals surface area contributed by atoms with E-state index in [4.69, 9.17) is 4.74 Å². The number of pyridine rings is 1. The number of nitrogens with one attached hydrogen (secondary N) is 2. The summed E-state index contributed by atoms with van der Waals surface area (Å²) in [4.78, 5) is 8.83. The second-order valence-electron chi connectivity index (χ2n) is 5.38. The number of halogens is 1. The summed E-state index contributed by atoms with van der Waals surface area (Å²) in [6.45, 7) is 7.42. The van der Waals surface area contributed by atoms with Crippen LogP contribution in [0.3, 0.4) is 0 Å². The van der Waals surface area contributed by atoms with E-state index >= 15 is 0 Å². The molecule has 0 saturated heterocycles. The fourth-order valence-corrected chi connectivity index (χ4v) is 1.87. The van der Waals surface area contributed by atoms with Crippen molar-refractivity contribution in [2.45, 2.75) is 39.7 Å². The van der Waals surface area contributed by atoms with Gasteiger partial charge in [-0.3, -0.25) is 0 Å². The fourth-order valence-electron chi connectivity index (χ4n) is 1.87. The van der Waals surface area contributed by atoms with E-state index in [2.05, 4.69) is 34.5 Å². The first kappa shape index (κ1) is 19.0. The summed E-state index contributed by atoms with van der Waals surface area (Å²) < 4.78 is 5.70. The summed E-state index contributed by atoms with van der Waals surface area (Å²) >= 11 is 0. The SMILES string of the molecule is CCCNC(=NCc1ccnc(OCC2CC2)c1)NCC.I. The van der Waals surface area contributed by atoms with Crippen LogP contribution in [0.25, 0.3) is 0 Å². The standard InChI is InChI=1S/C16H26N4O.HI/c1-3-8-19-16(17-4-2)20-11-14-7-9-18-15(10-14)21-12-13-5-6-13;/h7,9-10,13H,3-6,8,11-12H2,1-2H3,(H2,17,19,20);1H. The van der Waals surface area contributed by atoms with Crippen LogP contribution in [0.1, 0.15) is 38.7 Å². The molecule has 0 bridgehead atoms. The zero-order chi connectivity index (χ0) is 14.9. The van der Waals surface area contributed by atoms with Crippen LogP contribution >= 0.6 is 24.0 Å². The number of aromatic nitrogens is 1. The lowest BCUT2D eigenvalue weighted by molar-refractivity contribution is 0.288. The van der Waals surface area contributed by atoms with Crippen LogP contribution < -0.4 is 15.4 Å². The zero-order valence-corrected chi connectivity index (χ0v) is 15.8. The molecule has 22 heavy (non-hydrogen) atoms. The summed E-state index contributed by atoms with van der Waals surface area (Å²) in [7, 11) is 0. The van der Waals surface area contributed by atoms with Crippen molar-refractivity contribution < 1.29 is 4.74 Å². The maximum Gasteiger partial charge on any atom is 0.213 e. The normalized spacial score (nSPS) is 14.2. The molecule has 0 spiro atoms. The molecule has 0 aromatic carbocycles. The third-order valence-corrected chi connectivity index (χ3v) is 3.27. The van der Waals surface area contributed by atoms with Gasteiger partial charge in [0.2, 0.25) is 5.88 Å². The molecule has 1 aromatic heterocycles. The number of hydrogen-bond donors (Lipinski definition) is 2. The van der Waals surface area contributed by atoms with Crippen molar-refractivity contribution in [2.24, 2.45) is 10.9 Å². The Morgan fingerprint density at radius 2 is 2.18 bits per heavy atom. The zero-order valence-electron chi connectivity index (χ0n) is 13.5. The van der Waals surface area contributed by atoms with Crippen molar-refractivity contribution in [3.8, 4) is 5.88 Å². The monoisotopic (exact) mass is 418 g/mol. The van der Waals surface area contributed by atoms with E-state index in [9.17, 15) is 0 Å². The van der Waals surface area contributed by atoms with Gasteiger partial charge in [0.05, 0.1) is 13.2 Å². The van der Waals surface area contributed by atoms with Crippen LogP contribution in [0.4, 0.5) is 0 Å². The van der Waals surface area contributed by atoms with Gasteiger partial charge in [0.15, 0.2) is 5.96 Å². The number of aliphatic imine (C=N–C) groups is 1. The fraction of sp³-hybridized carbons (Fsp3) is 0.625. The van der Waals surface area contributed by atoms with E-state index in [1.54, 1.807) is 6.20 Å². The minimum absolute atomic E-state index is 0. The second kappa shape index (κ2) is 10.6. The van der Waals surface area contributed by atoms with Gasteiger partial charge in [-0.1, -0.05) is 6.92 Å². The maximum atomic E-state index is 5.70. The van der Waals surface area contributed by atoms with Gasteiger partial charge < -0.3 is 15.4 Å². The highest BCUT2D eigenvalue weighted by molar-refractivity contribution is 14.0. The number of hydrogen-bond acceptors (Lipinski definition) is 3. The van der Waals surface area contributed by atoms with Gasteiger partial charge in [-0.2, -0.15) is 0 Å². The molecule has 0 atom stereocenters. The van der Waals surface area contributed by atoms with Gasteiger partial charge in [-0.15, -0.1) is 24.0 Å². The lowest BCUT2D eigenvalue weighted by atomic mass is 10.3. The summed E-state index contributed by atoms with van der Waals surface area (Å²) in [6.07, 6.45) is 5.45. The first-order valence-electron chi connectivity index (χ1n) is 7.91. The molecule has 124 valence electrons. The molecule has 2 rings (SSSR count). The number of ether oxygens (including phenoxy) is 1. The van der Waals surface area contributed by atoms with E-state index in [1.165, 1.54) is 12.8 Å². The van der Waals surface area contributed by atoms with Gasteiger partial charge in [-0.05, 0) is 43.7 Å². The Morgan fingerprint density at radius 1 is 1.36 bits per heavy atom. The largest absolute Gasteiger partial charge is 0.477 e. The first-order chi connectivity index (χ1) is 10.3. The van der Waals surface area contributed by atoms with Crippen LogP contribution in [-0.4, -0.2) is 30.6 Å². The highest BCUT2D eigenvalue weighted by Crippen LogP contribution is 2.29. The van der Waals surface area contributed by atoms with Gasteiger partial charge in [-0.25, -0.2) is 9.98 Å². The van der Waals surface area contributed by atoms with Crippen molar-refractivity contribution >= 4 is 29.9 Å². The Morgan fingerprint density at radius 3 is 2.86 bits per heavy atom. The van der Waals surface area contributed by atoms with Gasteiger partial charge >= 0.3 is 0 Å². The molecule has 1 heterocycles. The van der Waals surface area contributed by atoms with Crippen molar-refractivity contribution in [2.75, 3.05) is 19.7 Å². The molecule has 5 nitrogen and oxygen atoms in total. The Balaban J connectivity index is 0.00000242. The molecule has 1 aliphatic rings. The van der Waals surface area contributed by atoms with E-state index < -0.39 is 0 Å². The molecule has 1 aliphatic carbocycles. The smallest absolute Gasteiger partial charge is 0.213 e. The highest BCUT2D eigenvalue weighted by atomic mass is 127. The van der Waals surface area contributed by atoms with Gasteiger partial charge in [0.25, 0.3) is 0 Å². The third-order valence-electron chi connectivity index (χ3n) is 3.27. The Labute approximate surface area is 150 Å². The number of guanidine groups is 1. The van der Waals surface area contributed by atoms with E-state index in [0.717, 1.165) is 43.6 Å². The topological polar surface area (TPSA) is 58.5 Å². The molecule has 6 heteroatoms. The molecule has 1 fully saturated rings. The van der Waals surface area contributed by atoms with E-state index in [-0.39, 0.29) is 24.0 Å². The average Bonchev–Trinajstić information content (AvgIpc) is 3.33. The number of rotatable bonds is 8. The van der Waals surface area contributed by atoms with Crippen LogP contribution in [0.2, 0.25) is 0 Å². The van der Waals surface area contributed by atoms with Crippen LogP contribution in [0, 0.1) is 5.92 Å². The predicted molar refractivity (Wildman–Crippen MR) is 101 cm³/mol. The van der Waals surface area contributed by atoms with Crippen LogP contribution in [0.15, 0.2) is 23.3 Å². The van der Waals surface area contributed by atoms with Crippen LogP contribution in [0.5, 0.6) is 5.88 Å². The quantitative estimate of drug-likeness (QED) is 0.387. The van der Waals surface area contributed by atoms with E-state index in [0.29, 0.717) is 12.4 Å². The summed E-state index contributed by atoms with van der Waals surface area (Å²) in [6, 6.07) is 3.96. The Hall–Kier alpha value is -1.05. The molecular formula is C16H27IN4O. The van der Waals surface area contributed by atoms with Crippen molar-refractivity contribution in [1.82, 2.24) is 15.6 Å². The molecule has 2 N–H and O–H groups in total. The van der Waals surface area contributed by atoms with E-state index in [1.807, 2.05) is 12.1 Å². The molecule has 1 aromatic rings. The minimum Gasteiger partial charge on any atom is -0.477 e. The van der Waals surface area contributed by atoms with Crippen molar-refractivity contribution in [3.63, 3.8) is 0 Å². The lowest BCUT2D eigenvalue weighted by Gasteiger charge is -2.10. The van der Waals surface area contributed by atoms with Crippen molar-refractivity contribution in [1.29, 1.82) is 0 Å². The highest BCUT2D eigenvalue weighted by Gasteiger charge is 2.22. The van der Waals surface area contributed by atoms with Crippen LogP contribution in [-0.2, 0) is 6.54 Å². The van der Waals surface area contributed by atoms with Gasteiger partial charge in [0.1, 0.15) is 0 Å². The van der Waals surface area contributed by atoms with Gasteiger partial charge in [0, 0.05) is 25.4 Å². The first-order valence-corrected chi connectivity index (χ1v) is 7.91.